The van der Waals surface area contributed by atoms with Gasteiger partial charge in [-0.25, -0.2) is 0 Å². The lowest BCUT2D eigenvalue weighted by atomic mass is 9.80. The summed E-state index contributed by atoms with van der Waals surface area (Å²) in [6.45, 7) is 6.68. The second-order valence-corrected chi connectivity index (χ2v) is 8.48. The molecule has 1 heterocycles. The summed E-state index contributed by atoms with van der Waals surface area (Å²) in [6.07, 6.45) is 2.09. The van der Waals surface area contributed by atoms with Crippen molar-refractivity contribution >= 4 is 23.6 Å². The zero-order valence-electron chi connectivity index (χ0n) is 17.9. The van der Waals surface area contributed by atoms with Gasteiger partial charge in [-0.1, -0.05) is 19.1 Å². The van der Waals surface area contributed by atoms with Crippen molar-refractivity contribution in [2.75, 3.05) is 13.1 Å². The molecule has 1 saturated heterocycles. The van der Waals surface area contributed by atoms with Crippen LogP contribution in [0, 0.1) is 16.7 Å². The lowest BCUT2D eigenvalue weighted by Crippen LogP contribution is -2.54. The van der Waals surface area contributed by atoms with Gasteiger partial charge in [-0.3, -0.25) is 19.8 Å². The van der Waals surface area contributed by atoms with Crippen molar-refractivity contribution in [3.05, 3.63) is 35.4 Å². The van der Waals surface area contributed by atoms with E-state index in [0.717, 1.165) is 0 Å². The van der Waals surface area contributed by atoms with Crippen LogP contribution in [0.25, 0.3) is 0 Å². The van der Waals surface area contributed by atoms with Gasteiger partial charge in [0.15, 0.2) is 0 Å². The molecule has 8 nitrogen and oxygen atoms in total. The van der Waals surface area contributed by atoms with E-state index in [1.807, 2.05) is 20.8 Å². The minimum absolute atomic E-state index is 0.0321. The summed E-state index contributed by atoms with van der Waals surface area (Å²) in [7, 11) is 0. The van der Waals surface area contributed by atoms with Crippen molar-refractivity contribution in [1.82, 2.24) is 10.2 Å². The number of likely N-dealkylation sites (tertiary alicyclic amines) is 1. The molecule has 1 atom stereocenters. The Kier molecular flexibility index (Phi) is 7.59. The molecule has 1 aromatic carbocycles. The molecule has 0 radical (unpaired) electrons. The minimum Gasteiger partial charge on any atom is -0.481 e. The summed E-state index contributed by atoms with van der Waals surface area (Å²) in [5.74, 6) is -1.07. The number of carboxylic acids is 1. The summed E-state index contributed by atoms with van der Waals surface area (Å²) >= 11 is 0. The largest absolute Gasteiger partial charge is 0.481 e. The van der Waals surface area contributed by atoms with Crippen molar-refractivity contribution in [3.8, 4) is 0 Å². The highest BCUT2D eigenvalue weighted by Gasteiger charge is 2.40. The van der Waals surface area contributed by atoms with E-state index < -0.39 is 11.4 Å². The Hall–Kier alpha value is -2.90. The van der Waals surface area contributed by atoms with Crippen LogP contribution in [-0.2, 0) is 9.59 Å². The number of benzene rings is 1. The molecule has 0 aromatic heterocycles. The lowest BCUT2D eigenvalue weighted by molar-refractivity contribution is -0.143. The molecule has 0 saturated carbocycles. The van der Waals surface area contributed by atoms with Crippen LogP contribution in [0.1, 0.15) is 62.4 Å². The molecule has 164 valence electrons. The first-order valence-electron chi connectivity index (χ1n) is 10.3. The maximum absolute atomic E-state index is 13.2. The highest BCUT2D eigenvalue weighted by atomic mass is 16.4. The number of carbonyl (C=O) groups is 3. The SMILES string of the molecule is CCC(NC(=O)c1ccc(C(=N)N)cc1)C(C)(C)C(=O)N1CCC(CC(=O)O)CC1. The van der Waals surface area contributed by atoms with E-state index in [-0.39, 0.29) is 36.0 Å². The maximum Gasteiger partial charge on any atom is 0.303 e. The fourth-order valence-electron chi connectivity index (χ4n) is 3.98. The van der Waals surface area contributed by atoms with E-state index in [1.165, 1.54) is 0 Å². The smallest absolute Gasteiger partial charge is 0.303 e. The van der Waals surface area contributed by atoms with Crippen LogP contribution in [0.5, 0.6) is 0 Å². The Bertz CT molecular complexity index is 796. The number of nitrogens with zero attached hydrogens (tertiary/aromatic N) is 1. The molecular weight excluding hydrogens is 384 g/mol. The van der Waals surface area contributed by atoms with Crippen molar-refractivity contribution < 1.29 is 19.5 Å². The Morgan fingerprint density at radius 1 is 1.20 bits per heavy atom. The molecule has 1 aliphatic heterocycles. The number of hydrogen-bond donors (Lipinski definition) is 4. The molecule has 1 unspecified atom stereocenters. The van der Waals surface area contributed by atoms with Gasteiger partial charge in [-0.15, -0.1) is 0 Å². The summed E-state index contributed by atoms with van der Waals surface area (Å²) < 4.78 is 0. The molecule has 0 bridgehead atoms. The Labute approximate surface area is 177 Å². The van der Waals surface area contributed by atoms with Crippen LogP contribution < -0.4 is 11.1 Å². The first-order valence-corrected chi connectivity index (χ1v) is 10.3. The van der Waals surface area contributed by atoms with Crippen LogP contribution >= 0.6 is 0 Å². The second kappa shape index (κ2) is 9.73. The first kappa shape index (κ1) is 23.4. The fourth-order valence-corrected chi connectivity index (χ4v) is 3.98. The van der Waals surface area contributed by atoms with E-state index in [9.17, 15) is 14.4 Å². The molecule has 8 heteroatoms. The molecule has 1 aliphatic rings. The quantitative estimate of drug-likeness (QED) is 0.380. The van der Waals surface area contributed by atoms with Gasteiger partial charge in [0.05, 0.1) is 5.41 Å². The number of piperidine rings is 1. The molecule has 2 amide bonds. The summed E-state index contributed by atoms with van der Waals surface area (Å²) in [5.41, 5.74) is 5.63. The van der Waals surface area contributed by atoms with Crippen LogP contribution in [0.2, 0.25) is 0 Å². The average molecular weight is 417 g/mol. The number of nitrogens with one attached hydrogen (secondary N) is 2. The van der Waals surface area contributed by atoms with Gasteiger partial charge >= 0.3 is 5.97 Å². The zero-order valence-corrected chi connectivity index (χ0v) is 17.9. The van der Waals surface area contributed by atoms with E-state index in [2.05, 4.69) is 5.32 Å². The Morgan fingerprint density at radius 2 is 1.73 bits per heavy atom. The lowest BCUT2D eigenvalue weighted by Gasteiger charge is -2.40. The molecule has 0 aliphatic carbocycles. The predicted octanol–water partition coefficient (Wildman–Crippen LogP) is 2.22. The van der Waals surface area contributed by atoms with Gasteiger partial charge in [-0.05, 0) is 51.2 Å². The van der Waals surface area contributed by atoms with Crippen molar-refractivity contribution in [2.45, 2.75) is 52.5 Å². The molecule has 30 heavy (non-hydrogen) atoms. The number of aliphatic carboxylic acids is 1. The number of amidine groups is 1. The van der Waals surface area contributed by atoms with Crippen LogP contribution in [-0.4, -0.2) is 52.8 Å². The molecule has 5 N–H and O–H groups in total. The Balaban J connectivity index is 2.03. The zero-order chi connectivity index (χ0) is 22.5. The number of rotatable bonds is 8. The van der Waals surface area contributed by atoms with Gasteiger partial charge in [0.25, 0.3) is 5.91 Å². The van der Waals surface area contributed by atoms with Gasteiger partial charge in [0, 0.05) is 36.7 Å². The van der Waals surface area contributed by atoms with E-state index in [1.54, 1.807) is 29.2 Å². The topological polar surface area (TPSA) is 137 Å². The average Bonchev–Trinajstić information content (AvgIpc) is 2.71. The van der Waals surface area contributed by atoms with Crippen molar-refractivity contribution in [1.29, 1.82) is 5.41 Å². The van der Waals surface area contributed by atoms with Crippen LogP contribution in [0.3, 0.4) is 0 Å². The van der Waals surface area contributed by atoms with E-state index >= 15 is 0 Å². The number of nitrogens with two attached hydrogens (primary N) is 1. The van der Waals surface area contributed by atoms with E-state index in [0.29, 0.717) is 43.5 Å². The third-order valence-corrected chi connectivity index (χ3v) is 5.96. The molecule has 1 fully saturated rings. The fraction of sp³-hybridized carbons (Fsp3) is 0.545. The normalized spacial score (nSPS) is 16.0. The number of hydrogen-bond acceptors (Lipinski definition) is 4. The van der Waals surface area contributed by atoms with Crippen LogP contribution in [0.15, 0.2) is 24.3 Å². The molecule has 2 rings (SSSR count). The Morgan fingerprint density at radius 3 is 2.20 bits per heavy atom. The van der Waals surface area contributed by atoms with Gasteiger partial charge < -0.3 is 21.1 Å². The molecule has 0 spiro atoms. The third kappa shape index (κ3) is 5.58. The summed E-state index contributed by atoms with van der Waals surface area (Å²) in [5, 5.41) is 19.4. The summed E-state index contributed by atoms with van der Waals surface area (Å²) in [6, 6.07) is 6.11. The first-order chi connectivity index (χ1) is 14.1. The minimum atomic E-state index is -0.802. The molecule has 1 aromatic rings. The standard InChI is InChI=1S/C22H32N4O4/c1-4-17(25-20(29)16-7-5-15(6-8-16)19(23)24)22(2,3)21(30)26-11-9-14(10-12-26)13-18(27)28/h5-8,14,17H,4,9-13H2,1-3H3,(H3,23,24)(H,25,29)(H,27,28). The van der Waals surface area contributed by atoms with Gasteiger partial charge in [0.2, 0.25) is 5.91 Å². The van der Waals surface area contributed by atoms with E-state index in [4.69, 9.17) is 16.2 Å². The number of amides is 2. The van der Waals surface area contributed by atoms with Gasteiger partial charge in [0.1, 0.15) is 5.84 Å². The number of carbonyl (C=O) groups excluding carboxylic acids is 2. The predicted molar refractivity (Wildman–Crippen MR) is 114 cm³/mol. The third-order valence-electron chi connectivity index (χ3n) is 5.96. The monoisotopic (exact) mass is 416 g/mol. The van der Waals surface area contributed by atoms with Crippen molar-refractivity contribution in [3.63, 3.8) is 0 Å². The maximum atomic E-state index is 13.2. The highest BCUT2D eigenvalue weighted by Crippen LogP contribution is 2.30. The number of nitrogen functional groups attached to an aromatic ring is 1. The van der Waals surface area contributed by atoms with Crippen LogP contribution in [0.4, 0.5) is 0 Å². The van der Waals surface area contributed by atoms with Crippen molar-refractivity contribution in [2.24, 2.45) is 17.1 Å². The molecular formula is C22H32N4O4. The summed E-state index contributed by atoms with van der Waals surface area (Å²) in [4.78, 5) is 38.6. The number of carboxylic acid groups (broad SMARTS) is 1. The highest BCUT2D eigenvalue weighted by molar-refractivity contribution is 5.98. The second-order valence-electron chi connectivity index (χ2n) is 8.48. The van der Waals surface area contributed by atoms with Gasteiger partial charge in [-0.2, -0.15) is 0 Å².